The van der Waals surface area contributed by atoms with E-state index in [0.717, 1.165) is 30.7 Å². The Morgan fingerprint density at radius 1 is 1.15 bits per heavy atom. The van der Waals surface area contributed by atoms with Crippen molar-refractivity contribution in [3.8, 4) is 17.1 Å². The van der Waals surface area contributed by atoms with Crippen molar-refractivity contribution in [3.05, 3.63) is 46.1 Å². The number of aromatic amines is 1. The summed E-state index contributed by atoms with van der Waals surface area (Å²) in [4.78, 5) is 20.1. The SMILES string of the molecule is CCCCCCc1nc(C)c2c(=O)[nH]c(-c3ccccc3OCC)nn12. The Hall–Kier alpha value is -2.63. The van der Waals surface area contributed by atoms with Gasteiger partial charge in [-0.2, -0.15) is 0 Å². The summed E-state index contributed by atoms with van der Waals surface area (Å²) in [6.45, 7) is 6.54. The number of H-pyrrole nitrogens is 1. The molecule has 0 aliphatic carbocycles. The molecule has 0 aliphatic rings. The zero-order valence-electron chi connectivity index (χ0n) is 15.7. The molecule has 2 heterocycles. The highest BCUT2D eigenvalue weighted by molar-refractivity contribution is 5.64. The first-order valence-corrected chi connectivity index (χ1v) is 9.36. The lowest BCUT2D eigenvalue weighted by molar-refractivity contribution is 0.341. The average Bonchev–Trinajstić information content (AvgIpc) is 2.96. The Bertz CT molecular complexity index is 943. The van der Waals surface area contributed by atoms with E-state index >= 15 is 0 Å². The summed E-state index contributed by atoms with van der Waals surface area (Å²) in [5.41, 5.74) is 1.84. The molecule has 0 atom stereocenters. The summed E-state index contributed by atoms with van der Waals surface area (Å²) < 4.78 is 7.39. The minimum atomic E-state index is -0.175. The zero-order valence-corrected chi connectivity index (χ0v) is 15.7. The van der Waals surface area contributed by atoms with Gasteiger partial charge in [-0.15, -0.1) is 5.10 Å². The molecule has 0 aliphatic heterocycles. The number of aromatic nitrogens is 4. The monoisotopic (exact) mass is 354 g/mol. The summed E-state index contributed by atoms with van der Waals surface area (Å²) in [6, 6.07) is 7.60. The number of hydrogen-bond donors (Lipinski definition) is 1. The first-order valence-electron chi connectivity index (χ1n) is 9.36. The van der Waals surface area contributed by atoms with Crippen LogP contribution in [-0.4, -0.2) is 26.2 Å². The molecule has 138 valence electrons. The molecular formula is C20H26N4O2. The van der Waals surface area contributed by atoms with Gasteiger partial charge in [-0.1, -0.05) is 38.3 Å². The molecule has 0 bridgehead atoms. The predicted molar refractivity (Wildman–Crippen MR) is 103 cm³/mol. The van der Waals surface area contributed by atoms with Crippen LogP contribution in [0.2, 0.25) is 0 Å². The van der Waals surface area contributed by atoms with Crippen LogP contribution >= 0.6 is 0 Å². The lowest BCUT2D eigenvalue weighted by Crippen LogP contribution is -2.15. The van der Waals surface area contributed by atoms with Crippen LogP contribution in [0.25, 0.3) is 16.9 Å². The molecular weight excluding hydrogens is 328 g/mol. The number of benzene rings is 1. The molecule has 0 unspecified atom stereocenters. The molecule has 0 saturated carbocycles. The van der Waals surface area contributed by atoms with Crippen molar-refractivity contribution in [1.82, 2.24) is 19.6 Å². The third-order valence-electron chi connectivity index (χ3n) is 4.44. The van der Waals surface area contributed by atoms with Gasteiger partial charge in [0.05, 0.1) is 17.9 Å². The van der Waals surface area contributed by atoms with E-state index in [1.807, 2.05) is 38.1 Å². The fourth-order valence-corrected chi connectivity index (χ4v) is 3.17. The molecule has 0 amide bonds. The number of rotatable bonds is 8. The van der Waals surface area contributed by atoms with Gasteiger partial charge in [-0.3, -0.25) is 4.79 Å². The molecule has 6 nitrogen and oxygen atoms in total. The number of hydrogen-bond acceptors (Lipinski definition) is 4. The van der Waals surface area contributed by atoms with Gasteiger partial charge >= 0.3 is 0 Å². The number of ether oxygens (including phenoxy) is 1. The highest BCUT2D eigenvalue weighted by Crippen LogP contribution is 2.26. The fourth-order valence-electron chi connectivity index (χ4n) is 3.17. The van der Waals surface area contributed by atoms with Crippen LogP contribution in [0.5, 0.6) is 5.75 Å². The van der Waals surface area contributed by atoms with Gasteiger partial charge in [-0.25, -0.2) is 9.50 Å². The van der Waals surface area contributed by atoms with Gasteiger partial charge in [0.1, 0.15) is 11.6 Å². The number of para-hydroxylation sites is 1. The maximum Gasteiger partial charge on any atom is 0.277 e. The Kier molecular flexibility index (Phi) is 5.71. The van der Waals surface area contributed by atoms with E-state index < -0.39 is 0 Å². The minimum absolute atomic E-state index is 0.175. The van der Waals surface area contributed by atoms with Gasteiger partial charge < -0.3 is 9.72 Å². The van der Waals surface area contributed by atoms with Crippen molar-refractivity contribution in [2.75, 3.05) is 6.61 Å². The summed E-state index contributed by atoms with van der Waals surface area (Å²) in [5.74, 6) is 2.05. The lowest BCUT2D eigenvalue weighted by atomic mass is 10.1. The van der Waals surface area contributed by atoms with Crippen molar-refractivity contribution in [1.29, 1.82) is 0 Å². The molecule has 0 radical (unpaired) electrons. The van der Waals surface area contributed by atoms with Crippen LogP contribution in [0, 0.1) is 6.92 Å². The Balaban J connectivity index is 2.05. The Labute approximate surface area is 153 Å². The van der Waals surface area contributed by atoms with Gasteiger partial charge in [0.25, 0.3) is 5.56 Å². The normalized spacial score (nSPS) is 11.2. The maximum atomic E-state index is 12.7. The third-order valence-corrected chi connectivity index (χ3v) is 4.44. The largest absolute Gasteiger partial charge is 0.493 e. The standard InChI is InChI=1S/C20H26N4O2/c1-4-6-7-8-13-17-21-14(3)18-20(25)22-19(23-24(17)18)15-11-9-10-12-16(15)26-5-2/h9-12H,4-8,13H2,1-3H3,(H,22,23,25). The number of aryl methyl sites for hydroxylation is 2. The average molecular weight is 354 g/mol. The zero-order chi connectivity index (χ0) is 18.5. The molecule has 3 aromatic rings. The summed E-state index contributed by atoms with van der Waals surface area (Å²) in [7, 11) is 0. The smallest absolute Gasteiger partial charge is 0.277 e. The molecule has 2 aromatic heterocycles. The molecule has 0 saturated heterocycles. The van der Waals surface area contributed by atoms with Crippen LogP contribution < -0.4 is 10.3 Å². The topological polar surface area (TPSA) is 72.3 Å². The van der Waals surface area contributed by atoms with E-state index in [9.17, 15) is 4.79 Å². The molecule has 3 rings (SSSR count). The first kappa shape index (κ1) is 18.2. The highest BCUT2D eigenvalue weighted by atomic mass is 16.5. The summed E-state index contributed by atoms with van der Waals surface area (Å²) in [5, 5.41) is 4.69. The molecule has 0 fully saturated rings. The molecule has 0 spiro atoms. The van der Waals surface area contributed by atoms with Crippen LogP contribution in [0.4, 0.5) is 0 Å². The van der Waals surface area contributed by atoms with E-state index in [4.69, 9.17) is 4.74 Å². The minimum Gasteiger partial charge on any atom is -0.493 e. The Morgan fingerprint density at radius 3 is 2.73 bits per heavy atom. The quantitative estimate of drug-likeness (QED) is 0.623. The summed E-state index contributed by atoms with van der Waals surface area (Å²) >= 11 is 0. The number of nitrogens with zero attached hydrogens (tertiary/aromatic N) is 3. The molecule has 26 heavy (non-hydrogen) atoms. The first-order chi connectivity index (χ1) is 12.7. The second kappa shape index (κ2) is 8.17. The van der Waals surface area contributed by atoms with Gasteiger partial charge in [0.2, 0.25) is 0 Å². The summed E-state index contributed by atoms with van der Waals surface area (Å²) in [6.07, 6.45) is 5.43. The van der Waals surface area contributed by atoms with Crippen LogP contribution in [0.15, 0.2) is 29.1 Å². The van der Waals surface area contributed by atoms with Crippen molar-refractivity contribution in [2.45, 2.75) is 52.9 Å². The van der Waals surface area contributed by atoms with Crippen molar-refractivity contribution in [2.24, 2.45) is 0 Å². The highest BCUT2D eigenvalue weighted by Gasteiger charge is 2.16. The van der Waals surface area contributed by atoms with E-state index in [1.54, 1.807) is 4.52 Å². The van der Waals surface area contributed by atoms with E-state index in [0.29, 0.717) is 29.4 Å². The predicted octanol–water partition coefficient (Wildman–Crippen LogP) is 3.91. The van der Waals surface area contributed by atoms with Crippen molar-refractivity contribution >= 4 is 5.52 Å². The van der Waals surface area contributed by atoms with Crippen LogP contribution in [-0.2, 0) is 6.42 Å². The second-order valence-electron chi connectivity index (χ2n) is 6.42. The fraction of sp³-hybridized carbons (Fsp3) is 0.450. The van der Waals surface area contributed by atoms with E-state index in [1.165, 1.54) is 12.8 Å². The van der Waals surface area contributed by atoms with E-state index in [2.05, 4.69) is 22.0 Å². The second-order valence-corrected chi connectivity index (χ2v) is 6.42. The number of nitrogens with one attached hydrogen (secondary N) is 1. The van der Waals surface area contributed by atoms with E-state index in [-0.39, 0.29) is 5.56 Å². The van der Waals surface area contributed by atoms with Crippen molar-refractivity contribution in [3.63, 3.8) is 0 Å². The van der Waals surface area contributed by atoms with Gasteiger partial charge in [0, 0.05) is 6.42 Å². The molecule has 1 N–H and O–H groups in total. The van der Waals surface area contributed by atoms with Crippen LogP contribution in [0.1, 0.15) is 51.0 Å². The maximum absolute atomic E-state index is 12.7. The van der Waals surface area contributed by atoms with Gasteiger partial charge in [0.15, 0.2) is 11.3 Å². The number of imidazole rings is 1. The number of fused-ring (bicyclic) bond motifs is 1. The van der Waals surface area contributed by atoms with Gasteiger partial charge in [-0.05, 0) is 32.4 Å². The molecule has 6 heteroatoms. The van der Waals surface area contributed by atoms with Crippen molar-refractivity contribution < 1.29 is 4.74 Å². The van der Waals surface area contributed by atoms with Crippen LogP contribution in [0.3, 0.4) is 0 Å². The Morgan fingerprint density at radius 2 is 1.96 bits per heavy atom. The molecule has 1 aromatic carbocycles. The number of unbranched alkanes of at least 4 members (excludes halogenated alkanes) is 3. The lowest BCUT2D eigenvalue weighted by Gasteiger charge is -2.10. The third kappa shape index (κ3) is 3.64.